The SMILES string of the molecule is COc1ccc(NC2CCN(C(C)C)CC2)cc1O. The molecule has 1 aliphatic heterocycles. The number of rotatable bonds is 4. The highest BCUT2D eigenvalue weighted by Gasteiger charge is 2.20. The first-order valence-electron chi connectivity index (χ1n) is 6.97. The van der Waals surface area contributed by atoms with Gasteiger partial charge in [0.25, 0.3) is 0 Å². The largest absolute Gasteiger partial charge is 0.504 e. The highest BCUT2D eigenvalue weighted by Crippen LogP contribution is 2.29. The van der Waals surface area contributed by atoms with E-state index in [4.69, 9.17) is 4.74 Å². The van der Waals surface area contributed by atoms with E-state index in [2.05, 4.69) is 24.1 Å². The molecule has 0 aromatic heterocycles. The first kappa shape index (κ1) is 14.0. The number of piperidine rings is 1. The van der Waals surface area contributed by atoms with Gasteiger partial charge in [-0.3, -0.25) is 0 Å². The minimum absolute atomic E-state index is 0.187. The Morgan fingerprint density at radius 3 is 2.53 bits per heavy atom. The predicted octanol–water partition coefficient (Wildman–Crippen LogP) is 2.69. The molecule has 4 nitrogen and oxygen atoms in total. The van der Waals surface area contributed by atoms with Crippen molar-refractivity contribution >= 4 is 5.69 Å². The summed E-state index contributed by atoms with van der Waals surface area (Å²) in [6, 6.07) is 6.59. The van der Waals surface area contributed by atoms with Crippen molar-refractivity contribution < 1.29 is 9.84 Å². The van der Waals surface area contributed by atoms with Crippen molar-refractivity contribution in [3.05, 3.63) is 18.2 Å². The van der Waals surface area contributed by atoms with E-state index in [0.29, 0.717) is 17.8 Å². The second kappa shape index (κ2) is 6.15. The van der Waals surface area contributed by atoms with Crippen LogP contribution in [0.4, 0.5) is 5.69 Å². The Kier molecular flexibility index (Phi) is 4.53. The fourth-order valence-corrected chi connectivity index (χ4v) is 2.58. The highest BCUT2D eigenvalue weighted by atomic mass is 16.5. The first-order valence-corrected chi connectivity index (χ1v) is 6.97. The van der Waals surface area contributed by atoms with Crippen LogP contribution < -0.4 is 10.1 Å². The van der Waals surface area contributed by atoms with E-state index in [1.54, 1.807) is 19.2 Å². The van der Waals surface area contributed by atoms with Gasteiger partial charge in [-0.2, -0.15) is 0 Å². The lowest BCUT2D eigenvalue weighted by Crippen LogP contribution is -2.42. The van der Waals surface area contributed by atoms with Crippen LogP contribution in [0.3, 0.4) is 0 Å². The number of nitrogens with zero attached hydrogens (tertiary/aromatic N) is 1. The Morgan fingerprint density at radius 1 is 1.32 bits per heavy atom. The molecule has 2 N–H and O–H groups in total. The summed E-state index contributed by atoms with van der Waals surface area (Å²) in [5, 5.41) is 13.3. The van der Waals surface area contributed by atoms with Gasteiger partial charge in [-0.05, 0) is 38.8 Å². The van der Waals surface area contributed by atoms with Gasteiger partial charge in [-0.25, -0.2) is 0 Å². The summed E-state index contributed by atoms with van der Waals surface area (Å²) in [6.07, 6.45) is 2.29. The van der Waals surface area contributed by atoms with Crippen molar-refractivity contribution in [2.24, 2.45) is 0 Å². The second-order valence-corrected chi connectivity index (χ2v) is 5.43. The van der Waals surface area contributed by atoms with Gasteiger partial charge < -0.3 is 20.1 Å². The molecule has 106 valence electrons. The summed E-state index contributed by atoms with van der Waals surface area (Å²) in [6.45, 7) is 6.76. The average Bonchev–Trinajstić information content (AvgIpc) is 2.39. The third kappa shape index (κ3) is 3.53. The smallest absolute Gasteiger partial charge is 0.160 e. The van der Waals surface area contributed by atoms with Crippen LogP contribution in [-0.2, 0) is 0 Å². The number of hydrogen-bond donors (Lipinski definition) is 2. The van der Waals surface area contributed by atoms with E-state index in [0.717, 1.165) is 31.6 Å². The number of likely N-dealkylation sites (tertiary alicyclic amines) is 1. The molecule has 1 aliphatic rings. The van der Waals surface area contributed by atoms with E-state index in [1.165, 1.54) is 0 Å². The molecule has 1 saturated heterocycles. The lowest BCUT2D eigenvalue weighted by atomic mass is 10.0. The molecule has 1 heterocycles. The average molecular weight is 264 g/mol. The maximum Gasteiger partial charge on any atom is 0.160 e. The van der Waals surface area contributed by atoms with Crippen LogP contribution in [0, 0.1) is 0 Å². The monoisotopic (exact) mass is 264 g/mol. The molecule has 1 aromatic rings. The zero-order valence-corrected chi connectivity index (χ0v) is 12.0. The van der Waals surface area contributed by atoms with Gasteiger partial charge in [0.15, 0.2) is 11.5 Å². The Bertz CT molecular complexity index is 413. The van der Waals surface area contributed by atoms with E-state index in [1.807, 2.05) is 6.07 Å². The number of aromatic hydroxyl groups is 1. The number of phenolic OH excluding ortho intramolecular Hbond substituents is 1. The molecule has 1 aromatic carbocycles. The van der Waals surface area contributed by atoms with Gasteiger partial charge in [0.1, 0.15) is 0 Å². The fraction of sp³-hybridized carbons (Fsp3) is 0.600. The first-order chi connectivity index (χ1) is 9.10. The number of hydrogen-bond acceptors (Lipinski definition) is 4. The molecule has 0 unspecified atom stereocenters. The summed E-state index contributed by atoms with van der Waals surface area (Å²) >= 11 is 0. The maximum atomic E-state index is 9.76. The highest BCUT2D eigenvalue weighted by molar-refractivity contribution is 5.54. The molecule has 1 fully saturated rings. The third-order valence-electron chi connectivity index (χ3n) is 3.81. The van der Waals surface area contributed by atoms with Crippen molar-refractivity contribution in [2.45, 2.75) is 38.8 Å². The topological polar surface area (TPSA) is 44.7 Å². The van der Waals surface area contributed by atoms with Crippen LogP contribution in [0.5, 0.6) is 11.5 Å². The van der Waals surface area contributed by atoms with Gasteiger partial charge in [-0.1, -0.05) is 0 Å². The Hall–Kier alpha value is -1.42. The minimum atomic E-state index is 0.187. The van der Waals surface area contributed by atoms with Crippen LogP contribution in [0.25, 0.3) is 0 Å². The van der Waals surface area contributed by atoms with E-state index >= 15 is 0 Å². The zero-order chi connectivity index (χ0) is 13.8. The fourth-order valence-electron chi connectivity index (χ4n) is 2.58. The summed E-state index contributed by atoms with van der Waals surface area (Å²) in [4.78, 5) is 2.50. The van der Waals surface area contributed by atoms with E-state index in [9.17, 15) is 5.11 Å². The Morgan fingerprint density at radius 2 is 2.00 bits per heavy atom. The van der Waals surface area contributed by atoms with Crippen molar-refractivity contribution in [1.82, 2.24) is 4.90 Å². The maximum absolute atomic E-state index is 9.76. The number of benzene rings is 1. The summed E-state index contributed by atoms with van der Waals surface area (Å²) in [7, 11) is 1.56. The molecule has 0 aliphatic carbocycles. The molecule has 0 radical (unpaired) electrons. The molecule has 0 spiro atoms. The van der Waals surface area contributed by atoms with E-state index < -0.39 is 0 Å². The Labute approximate surface area is 115 Å². The van der Waals surface area contributed by atoms with E-state index in [-0.39, 0.29) is 5.75 Å². The summed E-state index contributed by atoms with van der Waals surface area (Å²) in [5.74, 6) is 0.701. The lowest BCUT2D eigenvalue weighted by Gasteiger charge is -2.35. The quantitative estimate of drug-likeness (QED) is 0.877. The van der Waals surface area contributed by atoms with Gasteiger partial charge >= 0.3 is 0 Å². The van der Waals surface area contributed by atoms with Crippen LogP contribution in [0.1, 0.15) is 26.7 Å². The van der Waals surface area contributed by atoms with Crippen molar-refractivity contribution in [3.8, 4) is 11.5 Å². The summed E-state index contributed by atoms with van der Waals surface area (Å²) in [5.41, 5.74) is 0.960. The molecule has 0 saturated carbocycles. The second-order valence-electron chi connectivity index (χ2n) is 5.43. The minimum Gasteiger partial charge on any atom is -0.504 e. The normalized spacial score (nSPS) is 17.7. The van der Waals surface area contributed by atoms with Gasteiger partial charge in [0.05, 0.1) is 7.11 Å². The van der Waals surface area contributed by atoms with Crippen LogP contribution in [0.2, 0.25) is 0 Å². The predicted molar refractivity (Wildman–Crippen MR) is 78.0 cm³/mol. The number of phenols is 1. The van der Waals surface area contributed by atoms with Crippen molar-refractivity contribution in [2.75, 3.05) is 25.5 Å². The molecule has 2 rings (SSSR count). The third-order valence-corrected chi connectivity index (χ3v) is 3.81. The van der Waals surface area contributed by atoms with Gasteiger partial charge in [0.2, 0.25) is 0 Å². The summed E-state index contributed by atoms with van der Waals surface area (Å²) < 4.78 is 5.05. The van der Waals surface area contributed by atoms with Crippen molar-refractivity contribution in [3.63, 3.8) is 0 Å². The van der Waals surface area contributed by atoms with Gasteiger partial charge in [0, 0.05) is 36.9 Å². The number of ether oxygens (including phenoxy) is 1. The number of anilines is 1. The molecular weight excluding hydrogens is 240 g/mol. The number of methoxy groups -OCH3 is 1. The molecule has 0 amide bonds. The number of nitrogens with one attached hydrogen (secondary N) is 1. The molecule has 19 heavy (non-hydrogen) atoms. The Balaban J connectivity index is 1.90. The van der Waals surface area contributed by atoms with Gasteiger partial charge in [-0.15, -0.1) is 0 Å². The van der Waals surface area contributed by atoms with Crippen LogP contribution in [-0.4, -0.2) is 42.3 Å². The molecular formula is C15H24N2O2. The van der Waals surface area contributed by atoms with Crippen LogP contribution >= 0.6 is 0 Å². The van der Waals surface area contributed by atoms with Crippen LogP contribution in [0.15, 0.2) is 18.2 Å². The molecule has 0 bridgehead atoms. The lowest BCUT2D eigenvalue weighted by molar-refractivity contribution is 0.177. The molecule has 0 atom stereocenters. The standard InChI is InChI=1S/C15H24N2O2/c1-11(2)17-8-6-12(7-9-17)16-13-4-5-15(19-3)14(18)10-13/h4-5,10-12,16,18H,6-9H2,1-3H3. The van der Waals surface area contributed by atoms with Crippen molar-refractivity contribution in [1.29, 1.82) is 0 Å². The zero-order valence-electron chi connectivity index (χ0n) is 12.0. The molecule has 4 heteroatoms.